The summed E-state index contributed by atoms with van der Waals surface area (Å²) >= 11 is 6.08. The summed E-state index contributed by atoms with van der Waals surface area (Å²) in [6, 6.07) is 8.26. The van der Waals surface area contributed by atoms with Crippen molar-refractivity contribution in [2.24, 2.45) is 0 Å². The van der Waals surface area contributed by atoms with Gasteiger partial charge in [0.15, 0.2) is 0 Å². The second kappa shape index (κ2) is 8.52. The molecule has 0 saturated heterocycles. The van der Waals surface area contributed by atoms with E-state index in [0.717, 1.165) is 31.0 Å². The third-order valence-corrected chi connectivity index (χ3v) is 3.21. The van der Waals surface area contributed by atoms with Crippen molar-refractivity contribution in [1.29, 1.82) is 0 Å². The van der Waals surface area contributed by atoms with Crippen LogP contribution in [-0.2, 0) is 4.74 Å². The molecule has 1 aromatic carbocycles. The number of halogens is 1. The van der Waals surface area contributed by atoms with Gasteiger partial charge in [-0.2, -0.15) is 0 Å². The summed E-state index contributed by atoms with van der Waals surface area (Å²) in [7, 11) is 0. The second-order valence-corrected chi connectivity index (χ2v) is 4.83. The summed E-state index contributed by atoms with van der Waals surface area (Å²) in [5.41, 5.74) is 1.20. The van der Waals surface area contributed by atoms with Crippen LogP contribution in [0, 0.1) is 0 Å². The van der Waals surface area contributed by atoms with E-state index < -0.39 is 0 Å². The van der Waals surface area contributed by atoms with Crippen LogP contribution in [0.3, 0.4) is 0 Å². The van der Waals surface area contributed by atoms with Gasteiger partial charge in [0.2, 0.25) is 0 Å². The van der Waals surface area contributed by atoms with Gasteiger partial charge in [0.05, 0.1) is 12.1 Å². The first-order chi connectivity index (χ1) is 8.72. The van der Waals surface area contributed by atoms with E-state index in [-0.39, 0.29) is 12.1 Å². The Morgan fingerprint density at radius 1 is 1.28 bits per heavy atom. The number of ether oxygens (including phenoxy) is 1. The van der Waals surface area contributed by atoms with E-state index in [4.69, 9.17) is 16.3 Å². The molecule has 0 bridgehead atoms. The topological polar surface area (TPSA) is 21.3 Å². The van der Waals surface area contributed by atoms with Gasteiger partial charge in [-0.25, -0.2) is 0 Å². The molecule has 1 N–H and O–H groups in total. The Hall–Kier alpha value is -0.570. The van der Waals surface area contributed by atoms with Gasteiger partial charge in [0, 0.05) is 11.6 Å². The molecule has 0 amide bonds. The average molecular weight is 270 g/mol. The third kappa shape index (κ3) is 4.60. The first kappa shape index (κ1) is 15.5. The van der Waals surface area contributed by atoms with Crippen LogP contribution in [0.5, 0.6) is 0 Å². The Morgan fingerprint density at radius 3 is 2.61 bits per heavy atom. The molecule has 102 valence electrons. The molecule has 2 atom stereocenters. The van der Waals surface area contributed by atoms with Crippen LogP contribution >= 0.6 is 11.6 Å². The summed E-state index contributed by atoms with van der Waals surface area (Å²) in [5, 5.41) is 4.34. The highest BCUT2D eigenvalue weighted by Gasteiger charge is 2.21. The molecular formula is C15H24ClNO. The van der Waals surface area contributed by atoms with Crippen molar-refractivity contribution >= 4 is 11.6 Å². The van der Waals surface area contributed by atoms with Crippen molar-refractivity contribution in [2.45, 2.75) is 45.8 Å². The van der Waals surface area contributed by atoms with Gasteiger partial charge in [-0.15, -0.1) is 0 Å². The minimum atomic E-state index is 0.194. The number of rotatable bonds is 8. The standard InChI is InChI=1S/C15H24ClNO/c1-4-10-17-15(14(5-2)18-6-3)12-8-7-9-13(16)11-12/h7-9,11,14-15,17H,4-6,10H2,1-3H3. The largest absolute Gasteiger partial charge is 0.377 e. The van der Waals surface area contributed by atoms with Gasteiger partial charge in [-0.05, 0) is 44.0 Å². The van der Waals surface area contributed by atoms with Crippen molar-refractivity contribution in [3.8, 4) is 0 Å². The lowest BCUT2D eigenvalue weighted by molar-refractivity contribution is 0.0314. The molecule has 0 radical (unpaired) electrons. The molecule has 0 aliphatic rings. The minimum Gasteiger partial charge on any atom is -0.377 e. The lowest BCUT2D eigenvalue weighted by Crippen LogP contribution is -2.34. The molecule has 2 nitrogen and oxygen atoms in total. The predicted molar refractivity (Wildman–Crippen MR) is 78.2 cm³/mol. The molecule has 3 heteroatoms. The van der Waals surface area contributed by atoms with Crippen LogP contribution in [0.2, 0.25) is 5.02 Å². The van der Waals surface area contributed by atoms with E-state index in [1.165, 1.54) is 5.56 Å². The summed E-state index contributed by atoms with van der Waals surface area (Å²) < 4.78 is 5.84. The SMILES string of the molecule is CCCNC(c1cccc(Cl)c1)C(CC)OCC. The molecule has 1 aromatic rings. The zero-order valence-corrected chi connectivity index (χ0v) is 12.3. The number of hydrogen-bond acceptors (Lipinski definition) is 2. The Balaban J connectivity index is 2.88. The highest BCUT2D eigenvalue weighted by Crippen LogP contribution is 2.24. The van der Waals surface area contributed by atoms with Crippen molar-refractivity contribution < 1.29 is 4.74 Å². The summed E-state index contributed by atoms with van der Waals surface area (Å²) in [6.07, 6.45) is 2.29. The molecule has 0 heterocycles. The monoisotopic (exact) mass is 269 g/mol. The van der Waals surface area contributed by atoms with Crippen molar-refractivity contribution in [3.05, 3.63) is 34.9 Å². The van der Waals surface area contributed by atoms with Crippen LogP contribution in [0.15, 0.2) is 24.3 Å². The van der Waals surface area contributed by atoms with Crippen molar-refractivity contribution in [3.63, 3.8) is 0 Å². The Labute approximate surface area is 116 Å². The lowest BCUT2D eigenvalue weighted by Gasteiger charge is -2.27. The van der Waals surface area contributed by atoms with E-state index >= 15 is 0 Å². The van der Waals surface area contributed by atoms with Crippen LogP contribution in [0.25, 0.3) is 0 Å². The van der Waals surface area contributed by atoms with E-state index in [0.29, 0.717) is 0 Å². The maximum Gasteiger partial charge on any atom is 0.0766 e. The van der Waals surface area contributed by atoms with E-state index in [1.807, 2.05) is 25.1 Å². The van der Waals surface area contributed by atoms with Gasteiger partial charge >= 0.3 is 0 Å². The Bertz CT molecular complexity index is 343. The summed E-state index contributed by atoms with van der Waals surface area (Å²) in [4.78, 5) is 0. The molecule has 0 spiro atoms. The molecule has 0 fully saturated rings. The maximum atomic E-state index is 6.08. The van der Waals surface area contributed by atoms with Gasteiger partial charge in [0.25, 0.3) is 0 Å². The first-order valence-electron chi connectivity index (χ1n) is 6.83. The normalized spacial score (nSPS) is 14.4. The molecule has 0 aliphatic carbocycles. The molecule has 1 rings (SSSR count). The van der Waals surface area contributed by atoms with Crippen LogP contribution in [0.4, 0.5) is 0 Å². The van der Waals surface area contributed by atoms with Crippen molar-refractivity contribution in [1.82, 2.24) is 5.32 Å². The van der Waals surface area contributed by atoms with E-state index in [9.17, 15) is 0 Å². The molecule has 18 heavy (non-hydrogen) atoms. The highest BCUT2D eigenvalue weighted by atomic mass is 35.5. The van der Waals surface area contributed by atoms with Crippen LogP contribution in [0.1, 0.15) is 45.2 Å². The molecule has 0 saturated carbocycles. The van der Waals surface area contributed by atoms with Crippen molar-refractivity contribution in [2.75, 3.05) is 13.2 Å². The predicted octanol–water partition coefficient (Wildman–Crippen LogP) is 4.20. The quantitative estimate of drug-likeness (QED) is 0.764. The van der Waals surface area contributed by atoms with Gasteiger partial charge in [0.1, 0.15) is 0 Å². The Morgan fingerprint density at radius 2 is 2.06 bits per heavy atom. The maximum absolute atomic E-state index is 6.08. The van der Waals surface area contributed by atoms with Crippen LogP contribution in [-0.4, -0.2) is 19.3 Å². The third-order valence-electron chi connectivity index (χ3n) is 2.98. The van der Waals surface area contributed by atoms with Gasteiger partial charge < -0.3 is 10.1 Å². The number of nitrogens with one attached hydrogen (secondary N) is 1. The van der Waals surface area contributed by atoms with E-state index in [2.05, 4.69) is 25.2 Å². The fourth-order valence-electron chi connectivity index (χ4n) is 2.13. The zero-order valence-electron chi connectivity index (χ0n) is 11.6. The first-order valence-corrected chi connectivity index (χ1v) is 7.21. The Kier molecular flexibility index (Phi) is 7.33. The fraction of sp³-hybridized carbons (Fsp3) is 0.600. The number of benzene rings is 1. The second-order valence-electron chi connectivity index (χ2n) is 4.39. The van der Waals surface area contributed by atoms with Gasteiger partial charge in [-0.1, -0.05) is 37.6 Å². The summed E-state index contributed by atoms with van der Waals surface area (Å²) in [5.74, 6) is 0. The average Bonchev–Trinajstić information content (AvgIpc) is 2.38. The number of hydrogen-bond donors (Lipinski definition) is 1. The fourth-order valence-corrected chi connectivity index (χ4v) is 2.33. The molecule has 0 aliphatic heterocycles. The highest BCUT2D eigenvalue weighted by molar-refractivity contribution is 6.30. The molecule has 0 aromatic heterocycles. The van der Waals surface area contributed by atoms with E-state index in [1.54, 1.807) is 0 Å². The molecule has 2 unspecified atom stereocenters. The smallest absolute Gasteiger partial charge is 0.0766 e. The molecular weight excluding hydrogens is 246 g/mol. The minimum absolute atomic E-state index is 0.194. The van der Waals surface area contributed by atoms with Crippen LogP contribution < -0.4 is 5.32 Å². The summed E-state index contributed by atoms with van der Waals surface area (Å²) in [6.45, 7) is 8.09. The zero-order chi connectivity index (χ0) is 13.4. The van der Waals surface area contributed by atoms with Gasteiger partial charge in [-0.3, -0.25) is 0 Å². The lowest BCUT2D eigenvalue weighted by atomic mass is 9.99.